The van der Waals surface area contributed by atoms with E-state index in [-0.39, 0.29) is 12.5 Å². The number of benzene rings is 1. The molecule has 1 aromatic rings. The van der Waals surface area contributed by atoms with E-state index in [0.29, 0.717) is 11.6 Å². The molecule has 0 aromatic heterocycles. The first-order valence-corrected chi connectivity index (χ1v) is 10.6. The number of carbonyl (C=O) groups is 3. The van der Waals surface area contributed by atoms with Gasteiger partial charge in [0.1, 0.15) is 6.04 Å². The molecule has 1 saturated heterocycles. The third-order valence-corrected chi connectivity index (χ3v) is 5.35. The lowest BCUT2D eigenvalue weighted by molar-refractivity contribution is -0.141. The van der Waals surface area contributed by atoms with Crippen molar-refractivity contribution in [2.45, 2.75) is 38.3 Å². The van der Waals surface area contributed by atoms with E-state index < -0.39 is 17.9 Å². The van der Waals surface area contributed by atoms with Crippen LogP contribution in [-0.4, -0.2) is 73.7 Å². The van der Waals surface area contributed by atoms with Crippen molar-refractivity contribution >= 4 is 29.4 Å². The number of piperidine rings is 1. The van der Waals surface area contributed by atoms with Crippen molar-refractivity contribution in [3.63, 3.8) is 0 Å². The second-order valence-electron chi connectivity index (χ2n) is 7.77. The Morgan fingerprint density at radius 3 is 2.71 bits per heavy atom. The van der Waals surface area contributed by atoms with Crippen molar-refractivity contribution < 1.29 is 19.5 Å². The number of aliphatic imine (C=N–C) groups is 1. The Morgan fingerprint density at radius 1 is 1.29 bits per heavy atom. The van der Waals surface area contributed by atoms with E-state index >= 15 is 0 Å². The van der Waals surface area contributed by atoms with Crippen LogP contribution in [0.25, 0.3) is 0 Å². The predicted molar refractivity (Wildman–Crippen MR) is 117 cm³/mol. The fourth-order valence-electron chi connectivity index (χ4n) is 3.69. The van der Waals surface area contributed by atoms with Crippen LogP contribution in [0.4, 0.5) is 5.69 Å². The second kappa shape index (κ2) is 10.6. The van der Waals surface area contributed by atoms with Crippen LogP contribution in [0.3, 0.4) is 0 Å². The number of carboxylic acids is 1. The van der Waals surface area contributed by atoms with E-state index in [1.807, 2.05) is 18.2 Å². The molecule has 2 aliphatic heterocycles. The van der Waals surface area contributed by atoms with Gasteiger partial charge in [0.05, 0.1) is 0 Å². The molecule has 10 nitrogen and oxygen atoms in total. The molecule has 2 amide bonds. The molecule has 0 saturated carbocycles. The predicted octanol–water partition coefficient (Wildman–Crippen LogP) is -0.0866. The van der Waals surface area contributed by atoms with Gasteiger partial charge in [-0.25, -0.2) is 4.79 Å². The molecule has 0 spiro atoms. The average molecular weight is 431 g/mol. The highest BCUT2D eigenvalue weighted by Gasteiger charge is 2.22. The first kappa shape index (κ1) is 22.4. The lowest BCUT2D eigenvalue weighted by Gasteiger charge is -2.35. The Labute approximate surface area is 181 Å². The number of amides is 2. The third-order valence-electron chi connectivity index (χ3n) is 5.35. The van der Waals surface area contributed by atoms with Crippen LogP contribution in [0.5, 0.6) is 0 Å². The molecule has 3 rings (SSSR count). The summed E-state index contributed by atoms with van der Waals surface area (Å²) in [5.41, 5.74) is 1.40. The molecule has 0 radical (unpaired) electrons. The van der Waals surface area contributed by atoms with Gasteiger partial charge >= 0.3 is 5.97 Å². The normalized spacial score (nSPS) is 17.7. The topological polar surface area (TPSA) is 135 Å². The molecule has 2 heterocycles. The summed E-state index contributed by atoms with van der Waals surface area (Å²) in [6.45, 7) is 4.59. The first-order chi connectivity index (χ1) is 14.9. The SMILES string of the molecule is CC(=O)N[C@@H](CNC(=O)c1cccc(N2CCC(NC3=NCCCN3)CC2)c1)C(=O)O. The van der Waals surface area contributed by atoms with Gasteiger partial charge < -0.3 is 31.3 Å². The molecule has 168 valence electrons. The lowest BCUT2D eigenvalue weighted by atomic mass is 10.0. The fraction of sp³-hybridized carbons (Fsp3) is 0.524. The van der Waals surface area contributed by atoms with E-state index in [1.54, 1.807) is 6.07 Å². The summed E-state index contributed by atoms with van der Waals surface area (Å²) in [6.07, 6.45) is 3.00. The van der Waals surface area contributed by atoms with Gasteiger partial charge in [0, 0.05) is 56.9 Å². The highest BCUT2D eigenvalue weighted by Crippen LogP contribution is 2.21. The molecule has 2 aliphatic rings. The number of nitrogens with zero attached hydrogens (tertiary/aromatic N) is 2. The summed E-state index contributed by atoms with van der Waals surface area (Å²) in [6, 6.07) is 6.48. The van der Waals surface area contributed by atoms with Crippen LogP contribution in [0.1, 0.15) is 36.5 Å². The molecule has 1 atom stereocenters. The minimum absolute atomic E-state index is 0.188. The fourth-order valence-corrected chi connectivity index (χ4v) is 3.69. The Kier molecular flexibility index (Phi) is 7.69. The lowest BCUT2D eigenvalue weighted by Crippen LogP contribution is -2.50. The smallest absolute Gasteiger partial charge is 0.328 e. The Hall–Kier alpha value is -3.30. The monoisotopic (exact) mass is 430 g/mol. The zero-order valence-electron chi connectivity index (χ0n) is 17.7. The molecule has 10 heteroatoms. The Balaban J connectivity index is 1.52. The molecule has 0 unspecified atom stereocenters. The van der Waals surface area contributed by atoms with E-state index in [4.69, 9.17) is 5.11 Å². The van der Waals surface area contributed by atoms with E-state index in [2.05, 4.69) is 31.2 Å². The molecule has 0 bridgehead atoms. The number of guanidine groups is 1. The largest absolute Gasteiger partial charge is 0.480 e. The van der Waals surface area contributed by atoms with Crippen LogP contribution < -0.4 is 26.2 Å². The van der Waals surface area contributed by atoms with Crippen molar-refractivity contribution in [1.29, 1.82) is 0 Å². The van der Waals surface area contributed by atoms with Gasteiger partial charge in [-0.05, 0) is 37.5 Å². The molecule has 0 aliphatic carbocycles. The first-order valence-electron chi connectivity index (χ1n) is 10.6. The number of rotatable bonds is 7. The van der Waals surface area contributed by atoms with Gasteiger partial charge in [-0.2, -0.15) is 0 Å². The number of aliphatic carboxylic acids is 1. The third kappa shape index (κ3) is 6.59. The maximum Gasteiger partial charge on any atom is 0.328 e. The number of anilines is 1. The zero-order chi connectivity index (χ0) is 22.2. The highest BCUT2D eigenvalue weighted by atomic mass is 16.4. The molecule has 5 N–H and O–H groups in total. The van der Waals surface area contributed by atoms with Crippen molar-refractivity contribution in [1.82, 2.24) is 21.3 Å². The van der Waals surface area contributed by atoms with E-state index in [1.165, 1.54) is 6.92 Å². The summed E-state index contributed by atoms with van der Waals surface area (Å²) in [4.78, 5) is 41.5. The highest BCUT2D eigenvalue weighted by molar-refractivity contribution is 5.95. The number of hydrogen-bond acceptors (Lipinski definition) is 7. The number of hydrogen-bond donors (Lipinski definition) is 5. The zero-order valence-corrected chi connectivity index (χ0v) is 17.7. The summed E-state index contributed by atoms with van der Waals surface area (Å²) in [5.74, 6) is -1.15. The second-order valence-corrected chi connectivity index (χ2v) is 7.77. The maximum absolute atomic E-state index is 12.5. The molecule has 31 heavy (non-hydrogen) atoms. The van der Waals surface area contributed by atoms with E-state index in [0.717, 1.165) is 57.1 Å². The van der Waals surface area contributed by atoms with Gasteiger partial charge in [0.15, 0.2) is 5.96 Å². The molecule has 1 aromatic carbocycles. The van der Waals surface area contributed by atoms with Crippen molar-refractivity contribution in [2.75, 3.05) is 37.6 Å². The van der Waals surface area contributed by atoms with Crippen LogP contribution in [0.15, 0.2) is 29.3 Å². The van der Waals surface area contributed by atoms with Gasteiger partial charge in [-0.3, -0.25) is 14.6 Å². The Morgan fingerprint density at radius 2 is 2.06 bits per heavy atom. The van der Waals surface area contributed by atoms with Gasteiger partial charge in [0.2, 0.25) is 5.91 Å². The molecule has 1 fully saturated rings. The molecular formula is C21H30N6O4. The quantitative estimate of drug-likeness (QED) is 0.408. The average Bonchev–Trinajstić information content (AvgIpc) is 2.77. The van der Waals surface area contributed by atoms with Gasteiger partial charge in [-0.1, -0.05) is 6.07 Å². The standard InChI is InChI=1S/C21H30N6O4/c1-14(28)25-18(20(30)31)13-24-19(29)15-4-2-5-17(12-15)27-10-6-16(7-11-27)26-21-22-8-3-9-23-21/h2,4-5,12,16,18H,3,6-11,13H2,1H3,(H,24,29)(H,25,28)(H,30,31)(H2,22,23,26)/t18-/m0/s1. The summed E-state index contributed by atoms with van der Waals surface area (Å²) < 4.78 is 0. The number of carbonyl (C=O) groups excluding carboxylic acids is 2. The number of carboxylic acid groups (broad SMARTS) is 1. The summed E-state index contributed by atoms with van der Waals surface area (Å²) in [7, 11) is 0. The van der Waals surface area contributed by atoms with Crippen molar-refractivity contribution in [3.05, 3.63) is 29.8 Å². The van der Waals surface area contributed by atoms with Crippen LogP contribution >= 0.6 is 0 Å². The Bertz CT molecular complexity index is 835. The minimum Gasteiger partial charge on any atom is -0.480 e. The van der Waals surface area contributed by atoms with Crippen LogP contribution in [0, 0.1) is 0 Å². The van der Waals surface area contributed by atoms with Crippen LogP contribution in [-0.2, 0) is 9.59 Å². The van der Waals surface area contributed by atoms with Crippen LogP contribution in [0.2, 0.25) is 0 Å². The molecular weight excluding hydrogens is 400 g/mol. The minimum atomic E-state index is -1.20. The van der Waals surface area contributed by atoms with E-state index in [9.17, 15) is 14.4 Å². The van der Waals surface area contributed by atoms with Gasteiger partial charge in [0.25, 0.3) is 5.91 Å². The van der Waals surface area contributed by atoms with Crippen molar-refractivity contribution in [3.8, 4) is 0 Å². The van der Waals surface area contributed by atoms with Gasteiger partial charge in [-0.15, -0.1) is 0 Å². The summed E-state index contributed by atoms with van der Waals surface area (Å²) >= 11 is 0. The summed E-state index contributed by atoms with van der Waals surface area (Å²) in [5, 5.41) is 20.8. The van der Waals surface area contributed by atoms with Crippen molar-refractivity contribution in [2.24, 2.45) is 4.99 Å². The maximum atomic E-state index is 12.5. The number of nitrogens with one attached hydrogen (secondary N) is 4.